The highest BCUT2D eigenvalue weighted by molar-refractivity contribution is 9.10. The third-order valence-electron chi connectivity index (χ3n) is 5.30. The number of hydrogen-bond donors (Lipinski definition) is 0. The Morgan fingerprint density at radius 2 is 1.61 bits per heavy atom. The van der Waals surface area contributed by atoms with Crippen molar-refractivity contribution in [1.82, 2.24) is 4.57 Å². The average Bonchev–Trinajstić information content (AvgIpc) is 2.77. The van der Waals surface area contributed by atoms with E-state index in [9.17, 15) is 9.59 Å². The number of aromatic nitrogens is 1. The van der Waals surface area contributed by atoms with E-state index in [0.29, 0.717) is 17.6 Å². The minimum atomic E-state index is -0.152. The highest BCUT2D eigenvalue weighted by Gasteiger charge is 2.21. The number of halogens is 1. The van der Waals surface area contributed by atoms with Gasteiger partial charge < -0.3 is 0 Å². The van der Waals surface area contributed by atoms with Crippen LogP contribution < -0.4 is 5.56 Å². The van der Waals surface area contributed by atoms with Gasteiger partial charge in [-0.25, -0.2) is 0 Å². The van der Waals surface area contributed by atoms with E-state index in [1.54, 1.807) is 16.3 Å². The van der Waals surface area contributed by atoms with Crippen molar-refractivity contribution >= 4 is 44.2 Å². The lowest BCUT2D eigenvalue weighted by molar-refractivity contribution is 0.100. The van der Waals surface area contributed by atoms with E-state index in [2.05, 4.69) is 34.3 Å². The fraction of sp³-hybridized carbons (Fsp3) is 0.154. The quantitative estimate of drug-likeness (QED) is 0.287. The molecule has 0 atom stereocenters. The van der Waals surface area contributed by atoms with Gasteiger partial charge in [-0.15, -0.1) is 0 Å². The van der Waals surface area contributed by atoms with Crippen LogP contribution in [0.4, 0.5) is 0 Å². The van der Waals surface area contributed by atoms with Gasteiger partial charge in [-0.2, -0.15) is 11.8 Å². The van der Waals surface area contributed by atoms with Crippen LogP contribution in [0.3, 0.4) is 0 Å². The van der Waals surface area contributed by atoms with Crippen molar-refractivity contribution in [3.05, 3.63) is 104 Å². The summed E-state index contributed by atoms with van der Waals surface area (Å²) < 4.78 is 2.50. The van der Waals surface area contributed by atoms with E-state index in [1.165, 1.54) is 12.5 Å². The van der Waals surface area contributed by atoms with Crippen molar-refractivity contribution in [2.24, 2.45) is 0 Å². The largest absolute Gasteiger partial charge is 0.300 e. The number of Topliss-reactive ketones (excluding diaryl/α,β-unsaturated/α-hetero) is 1. The van der Waals surface area contributed by atoms with Crippen LogP contribution in [-0.2, 0) is 12.3 Å². The molecule has 0 bridgehead atoms. The molecule has 1 heterocycles. The first-order chi connectivity index (χ1) is 15.0. The molecule has 0 aliphatic carbocycles. The molecule has 31 heavy (non-hydrogen) atoms. The maximum atomic E-state index is 13.5. The van der Waals surface area contributed by atoms with Crippen LogP contribution in [0, 0.1) is 0 Å². The minimum absolute atomic E-state index is 0.128. The van der Waals surface area contributed by atoms with Crippen LogP contribution in [0.2, 0.25) is 0 Å². The first-order valence-corrected chi connectivity index (χ1v) is 12.2. The van der Waals surface area contributed by atoms with Crippen LogP contribution in [0.1, 0.15) is 28.5 Å². The van der Waals surface area contributed by atoms with Crippen molar-refractivity contribution in [2.75, 3.05) is 6.26 Å². The topological polar surface area (TPSA) is 39.1 Å². The van der Waals surface area contributed by atoms with Crippen LogP contribution in [-0.4, -0.2) is 16.6 Å². The van der Waals surface area contributed by atoms with Gasteiger partial charge in [0.15, 0.2) is 5.78 Å². The average molecular weight is 492 g/mol. The Kier molecular flexibility index (Phi) is 6.44. The van der Waals surface area contributed by atoms with Crippen molar-refractivity contribution in [1.29, 1.82) is 0 Å². The molecule has 0 spiro atoms. The van der Waals surface area contributed by atoms with Gasteiger partial charge in [-0.1, -0.05) is 70.5 Å². The van der Waals surface area contributed by atoms with Crippen molar-refractivity contribution in [2.45, 2.75) is 19.2 Å². The Balaban J connectivity index is 2.00. The molecule has 0 aliphatic heterocycles. The Hall–Kier alpha value is -2.63. The molecular weight excluding hydrogens is 470 g/mol. The summed E-state index contributed by atoms with van der Waals surface area (Å²) in [5.74, 6) is 0.818. The highest BCUT2D eigenvalue weighted by Crippen LogP contribution is 2.33. The molecule has 5 heteroatoms. The first-order valence-electron chi connectivity index (χ1n) is 9.98. The molecule has 0 amide bonds. The van der Waals surface area contributed by atoms with E-state index < -0.39 is 0 Å². The van der Waals surface area contributed by atoms with E-state index >= 15 is 0 Å². The molecule has 0 aliphatic rings. The number of fused-ring (bicyclic) bond motifs is 1. The molecule has 0 saturated heterocycles. The number of thioether (sulfide) groups is 1. The van der Waals surface area contributed by atoms with Crippen molar-refractivity contribution in [3.8, 4) is 11.1 Å². The van der Waals surface area contributed by atoms with Gasteiger partial charge in [-0.05, 0) is 46.5 Å². The number of benzene rings is 3. The van der Waals surface area contributed by atoms with Gasteiger partial charge in [0.2, 0.25) is 0 Å². The maximum Gasteiger partial charge on any atom is 0.259 e. The highest BCUT2D eigenvalue weighted by atomic mass is 79.9. The van der Waals surface area contributed by atoms with Gasteiger partial charge >= 0.3 is 0 Å². The van der Waals surface area contributed by atoms with Crippen LogP contribution in [0.25, 0.3) is 21.9 Å². The third kappa shape index (κ3) is 4.39. The summed E-state index contributed by atoms with van der Waals surface area (Å²) in [7, 11) is 0. The molecule has 0 radical (unpaired) electrons. The summed E-state index contributed by atoms with van der Waals surface area (Å²) in [4.78, 5) is 26.4. The van der Waals surface area contributed by atoms with Crippen LogP contribution in [0.5, 0.6) is 0 Å². The SMILES string of the molecule is CSCc1ccc(Cn2c(C(C)=O)c(-c3ccccc3)c3cc(Br)ccc3c2=O)cc1. The smallest absolute Gasteiger partial charge is 0.259 e. The molecule has 0 fully saturated rings. The third-order valence-corrected chi connectivity index (χ3v) is 6.42. The predicted molar refractivity (Wildman–Crippen MR) is 134 cm³/mol. The van der Waals surface area contributed by atoms with E-state index in [0.717, 1.165) is 32.3 Å². The second-order valence-corrected chi connectivity index (χ2v) is 9.26. The summed E-state index contributed by atoms with van der Waals surface area (Å²) in [6, 6.07) is 23.7. The molecule has 4 aromatic rings. The zero-order chi connectivity index (χ0) is 22.0. The van der Waals surface area contributed by atoms with Crippen molar-refractivity contribution in [3.63, 3.8) is 0 Å². The fourth-order valence-electron chi connectivity index (χ4n) is 3.92. The lowest BCUT2D eigenvalue weighted by Gasteiger charge is -2.19. The lowest BCUT2D eigenvalue weighted by atomic mass is 9.95. The summed E-state index contributed by atoms with van der Waals surface area (Å²) in [6.45, 7) is 1.88. The van der Waals surface area contributed by atoms with Gasteiger partial charge in [-0.3, -0.25) is 14.2 Å². The first kappa shape index (κ1) is 21.6. The Morgan fingerprint density at radius 3 is 2.26 bits per heavy atom. The molecule has 1 aromatic heterocycles. The number of ketones is 1. The van der Waals surface area contributed by atoms with Gasteiger partial charge in [0.1, 0.15) is 0 Å². The van der Waals surface area contributed by atoms with E-state index in [1.807, 2.05) is 60.7 Å². The molecule has 0 saturated carbocycles. The minimum Gasteiger partial charge on any atom is -0.300 e. The molecule has 3 nitrogen and oxygen atoms in total. The fourth-order valence-corrected chi connectivity index (χ4v) is 4.81. The summed E-state index contributed by atoms with van der Waals surface area (Å²) >= 11 is 5.29. The van der Waals surface area contributed by atoms with Gasteiger partial charge in [0, 0.05) is 28.1 Å². The zero-order valence-corrected chi connectivity index (χ0v) is 19.8. The molecule has 0 unspecified atom stereocenters. The Bertz CT molecular complexity index is 1310. The summed E-state index contributed by atoms with van der Waals surface area (Å²) in [5, 5.41) is 1.38. The number of rotatable bonds is 6. The molecule has 4 rings (SSSR count). The van der Waals surface area contributed by atoms with E-state index in [4.69, 9.17) is 0 Å². The summed E-state index contributed by atoms with van der Waals surface area (Å²) in [5.41, 5.74) is 4.23. The number of nitrogens with zero attached hydrogens (tertiary/aromatic N) is 1. The second-order valence-electron chi connectivity index (χ2n) is 7.48. The van der Waals surface area contributed by atoms with Crippen molar-refractivity contribution < 1.29 is 4.79 Å². The predicted octanol–water partition coefficient (Wildman–Crippen LogP) is 6.54. The van der Waals surface area contributed by atoms with Gasteiger partial charge in [0.25, 0.3) is 5.56 Å². The molecule has 3 aromatic carbocycles. The number of hydrogen-bond acceptors (Lipinski definition) is 3. The Labute approximate surface area is 194 Å². The van der Waals surface area contributed by atoms with Crippen LogP contribution >= 0.6 is 27.7 Å². The standard InChI is InChI=1S/C26H22BrNO2S/c1-17(29)25-24(20-6-4-3-5-7-20)23-14-21(27)12-13-22(23)26(30)28(25)15-18-8-10-19(11-9-18)16-31-2/h3-14H,15-16H2,1-2H3. The van der Waals surface area contributed by atoms with E-state index in [-0.39, 0.29) is 11.3 Å². The zero-order valence-electron chi connectivity index (χ0n) is 17.4. The number of pyridine rings is 1. The van der Waals surface area contributed by atoms with Gasteiger partial charge in [0.05, 0.1) is 12.2 Å². The maximum absolute atomic E-state index is 13.5. The second kappa shape index (κ2) is 9.25. The normalized spacial score (nSPS) is 11.1. The summed E-state index contributed by atoms with van der Waals surface area (Å²) in [6.07, 6.45) is 2.07. The molecular formula is C26H22BrNO2S. The number of carbonyl (C=O) groups is 1. The Morgan fingerprint density at radius 1 is 0.935 bits per heavy atom. The number of carbonyl (C=O) groups excluding carboxylic acids is 1. The molecule has 0 N–H and O–H groups in total. The lowest BCUT2D eigenvalue weighted by Crippen LogP contribution is -2.27. The molecule has 156 valence electrons. The monoisotopic (exact) mass is 491 g/mol. The van der Waals surface area contributed by atoms with Crippen LogP contribution in [0.15, 0.2) is 82.1 Å².